The average Bonchev–Trinajstić information content (AvgIpc) is 2.30. The molecule has 3 N–H and O–H groups in total. The van der Waals surface area contributed by atoms with E-state index >= 15 is 0 Å². The Labute approximate surface area is 115 Å². The van der Waals surface area contributed by atoms with Gasteiger partial charge in [0.15, 0.2) is 0 Å². The minimum Gasteiger partial charge on any atom is -0.396 e. The van der Waals surface area contributed by atoms with Gasteiger partial charge in [-0.1, -0.05) is 51.1 Å². The molecule has 1 heterocycles. The van der Waals surface area contributed by atoms with Gasteiger partial charge in [-0.2, -0.15) is 0 Å². The number of nitrogens with zero attached hydrogens (tertiary/aromatic N) is 1. The molecule has 0 aliphatic heterocycles. The highest BCUT2D eigenvalue weighted by atomic mass is 35.5. The van der Waals surface area contributed by atoms with Crippen LogP contribution in [0.3, 0.4) is 0 Å². The molecule has 1 rings (SSSR count). The number of unbranched alkanes of at least 4 members (excludes halogenated alkanes) is 3. The van der Waals surface area contributed by atoms with Crippen LogP contribution in [0.15, 0.2) is 12.3 Å². The Hall–Kier alpha value is -0.960. The van der Waals surface area contributed by atoms with E-state index in [-0.39, 0.29) is 0 Å². The van der Waals surface area contributed by atoms with Crippen LogP contribution in [-0.2, 0) is 0 Å². The molecular formula is C14H24ClN3. The molecule has 0 aliphatic rings. The molecule has 18 heavy (non-hydrogen) atoms. The van der Waals surface area contributed by atoms with Crippen LogP contribution < -0.4 is 11.1 Å². The van der Waals surface area contributed by atoms with Crippen LogP contribution in [0.5, 0.6) is 0 Å². The number of anilines is 2. The van der Waals surface area contributed by atoms with Gasteiger partial charge in [0.05, 0.1) is 10.7 Å². The maximum absolute atomic E-state index is 5.81. The molecule has 0 bridgehead atoms. The maximum Gasteiger partial charge on any atom is 0.149 e. The molecule has 102 valence electrons. The monoisotopic (exact) mass is 269 g/mol. The Balaban J connectivity index is 2.11. The summed E-state index contributed by atoms with van der Waals surface area (Å²) < 4.78 is 0. The smallest absolute Gasteiger partial charge is 0.149 e. The van der Waals surface area contributed by atoms with E-state index in [0.717, 1.165) is 24.7 Å². The van der Waals surface area contributed by atoms with Crippen molar-refractivity contribution < 1.29 is 0 Å². The summed E-state index contributed by atoms with van der Waals surface area (Å²) in [6.07, 6.45) is 8.00. The molecule has 3 nitrogen and oxygen atoms in total. The quantitative estimate of drug-likeness (QED) is 0.691. The van der Waals surface area contributed by atoms with Gasteiger partial charge in [0.2, 0.25) is 0 Å². The topological polar surface area (TPSA) is 50.9 Å². The van der Waals surface area contributed by atoms with Crippen LogP contribution in [0.1, 0.15) is 46.0 Å². The van der Waals surface area contributed by atoms with Gasteiger partial charge < -0.3 is 11.1 Å². The van der Waals surface area contributed by atoms with Gasteiger partial charge in [-0.25, -0.2) is 4.98 Å². The van der Waals surface area contributed by atoms with Crippen LogP contribution in [0.2, 0.25) is 5.02 Å². The van der Waals surface area contributed by atoms with Crippen molar-refractivity contribution in [3.05, 3.63) is 17.3 Å². The molecule has 0 radical (unpaired) electrons. The van der Waals surface area contributed by atoms with E-state index in [1.807, 2.05) is 0 Å². The van der Waals surface area contributed by atoms with Gasteiger partial charge in [-0.15, -0.1) is 0 Å². The molecule has 0 amide bonds. The average molecular weight is 270 g/mol. The minimum absolute atomic E-state index is 0.576. The van der Waals surface area contributed by atoms with Crippen LogP contribution in [0, 0.1) is 5.92 Å². The Morgan fingerprint density at radius 3 is 2.67 bits per heavy atom. The van der Waals surface area contributed by atoms with E-state index in [1.165, 1.54) is 25.7 Å². The Morgan fingerprint density at radius 2 is 2.00 bits per heavy atom. The Kier molecular flexibility index (Phi) is 6.88. The zero-order valence-corrected chi connectivity index (χ0v) is 12.1. The highest BCUT2D eigenvalue weighted by Crippen LogP contribution is 2.19. The highest BCUT2D eigenvalue weighted by Gasteiger charge is 2.00. The first-order valence-electron chi connectivity index (χ1n) is 6.74. The third-order valence-electron chi connectivity index (χ3n) is 2.88. The van der Waals surface area contributed by atoms with Crippen LogP contribution in [0.4, 0.5) is 11.5 Å². The van der Waals surface area contributed by atoms with Gasteiger partial charge in [-0.05, 0) is 18.4 Å². The molecule has 0 spiro atoms. The first-order valence-corrected chi connectivity index (χ1v) is 7.12. The number of halogens is 1. The molecule has 0 fully saturated rings. The molecule has 0 unspecified atom stereocenters. The normalized spacial score (nSPS) is 10.9. The van der Waals surface area contributed by atoms with Gasteiger partial charge >= 0.3 is 0 Å². The highest BCUT2D eigenvalue weighted by molar-refractivity contribution is 6.30. The molecule has 0 atom stereocenters. The van der Waals surface area contributed by atoms with Gasteiger partial charge in [-0.3, -0.25) is 0 Å². The molecule has 0 aromatic carbocycles. The lowest BCUT2D eigenvalue weighted by molar-refractivity contribution is 0.523. The number of hydrogen-bond acceptors (Lipinski definition) is 3. The van der Waals surface area contributed by atoms with Gasteiger partial charge in [0.25, 0.3) is 0 Å². The van der Waals surface area contributed by atoms with Crippen molar-refractivity contribution in [2.45, 2.75) is 46.0 Å². The summed E-state index contributed by atoms with van der Waals surface area (Å²) in [7, 11) is 0. The second-order valence-electron chi connectivity index (χ2n) is 5.11. The van der Waals surface area contributed by atoms with Crippen molar-refractivity contribution >= 4 is 23.1 Å². The number of aromatic nitrogens is 1. The molecule has 0 aliphatic carbocycles. The number of rotatable bonds is 8. The number of nitrogens with one attached hydrogen (secondary N) is 1. The SMILES string of the molecule is CC(C)CCCCCCNc1ncc(Cl)cc1N. The van der Waals surface area contributed by atoms with Crippen LogP contribution in [-0.4, -0.2) is 11.5 Å². The van der Waals surface area contributed by atoms with E-state index < -0.39 is 0 Å². The van der Waals surface area contributed by atoms with Crippen molar-refractivity contribution in [1.82, 2.24) is 4.98 Å². The standard InChI is InChI=1S/C14H24ClN3/c1-11(2)7-5-3-4-6-8-17-14-13(16)9-12(15)10-18-14/h9-11H,3-8,16H2,1-2H3,(H,17,18). The molecular weight excluding hydrogens is 246 g/mol. The second-order valence-corrected chi connectivity index (χ2v) is 5.55. The summed E-state index contributed by atoms with van der Waals surface area (Å²) >= 11 is 5.79. The maximum atomic E-state index is 5.81. The molecule has 0 saturated carbocycles. The fourth-order valence-electron chi connectivity index (χ4n) is 1.84. The van der Waals surface area contributed by atoms with Gasteiger partial charge in [0.1, 0.15) is 5.82 Å². The second kappa shape index (κ2) is 8.20. The molecule has 0 saturated heterocycles. The molecule has 4 heteroatoms. The largest absolute Gasteiger partial charge is 0.396 e. The summed E-state index contributed by atoms with van der Waals surface area (Å²) in [5, 5.41) is 3.82. The number of nitrogen functional groups attached to an aromatic ring is 1. The first-order chi connectivity index (χ1) is 8.59. The lowest BCUT2D eigenvalue weighted by atomic mass is 10.0. The predicted octanol–water partition coefficient (Wildman–Crippen LogP) is 4.34. The van der Waals surface area contributed by atoms with Crippen molar-refractivity contribution in [1.29, 1.82) is 0 Å². The lowest BCUT2D eigenvalue weighted by Gasteiger charge is -2.08. The lowest BCUT2D eigenvalue weighted by Crippen LogP contribution is -2.06. The summed E-state index contributed by atoms with van der Waals surface area (Å²) in [4.78, 5) is 4.17. The fourth-order valence-corrected chi connectivity index (χ4v) is 2.01. The molecule has 1 aromatic heterocycles. The molecule has 1 aromatic rings. The summed E-state index contributed by atoms with van der Waals surface area (Å²) in [6.45, 7) is 5.47. The summed E-state index contributed by atoms with van der Waals surface area (Å²) in [6, 6.07) is 1.72. The van der Waals surface area contributed by atoms with Crippen molar-refractivity contribution in [3.8, 4) is 0 Å². The Bertz CT molecular complexity index is 353. The van der Waals surface area contributed by atoms with E-state index in [4.69, 9.17) is 17.3 Å². The summed E-state index contributed by atoms with van der Waals surface area (Å²) in [5.41, 5.74) is 6.42. The van der Waals surface area contributed by atoms with Crippen LogP contribution in [0.25, 0.3) is 0 Å². The number of hydrogen-bond donors (Lipinski definition) is 2. The Morgan fingerprint density at radius 1 is 1.28 bits per heavy atom. The van der Waals surface area contributed by atoms with Crippen molar-refractivity contribution in [2.24, 2.45) is 5.92 Å². The zero-order chi connectivity index (χ0) is 13.4. The fraction of sp³-hybridized carbons (Fsp3) is 0.643. The first kappa shape index (κ1) is 15.1. The van der Waals surface area contributed by atoms with E-state index in [1.54, 1.807) is 12.3 Å². The van der Waals surface area contributed by atoms with Crippen LogP contribution >= 0.6 is 11.6 Å². The number of nitrogens with two attached hydrogens (primary N) is 1. The minimum atomic E-state index is 0.576. The number of pyridine rings is 1. The van der Waals surface area contributed by atoms with Crippen molar-refractivity contribution in [2.75, 3.05) is 17.6 Å². The summed E-state index contributed by atoms with van der Waals surface area (Å²) in [5.74, 6) is 1.56. The van der Waals surface area contributed by atoms with E-state index in [2.05, 4.69) is 24.1 Å². The van der Waals surface area contributed by atoms with Crippen molar-refractivity contribution in [3.63, 3.8) is 0 Å². The third-order valence-corrected chi connectivity index (χ3v) is 3.09. The van der Waals surface area contributed by atoms with E-state index in [0.29, 0.717) is 10.7 Å². The zero-order valence-electron chi connectivity index (χ0n) is 11.4. The third kappa shape index (κ3) is 6.10. The van der Waals surface area contributed by atoms with Gasteiger partial charge in [0, 0.05) is 12.7 Å². The van der Waals surface area contributed by atoms with E-state index in [9.17, 15) is 0 Å². The predicted molar refractivity (Wildman–Crippen MR) is 80.1 cm³/mol.